The van der Waals surface area contributed by atoms with Gasteiger partial charge < -0.3 is 20.6 Å². The van der Waals surface area contributed by atoms with Crippen LogP contribution in [0.5, 0.6) is 5.75 Å². The second kappa shape index (κ2) is 8.88. The molecule has 0 aliphatic carbocycles. The number of aromatic hydroxyl groups is 1. The van der Waals surface area contributed by atoms with Crippen LogP contribution in [0.1, 0.15) is 27.5 Å². The van der Waals surface area contributed by atoms with Gasteiger partial charge in [-0.2, -0.15) is 0 Å². The number of piperazine rings is 1. The summed E-state index contributed by atoms with van der Waals surface area (Å²) < 4.78 is 0. The third-order valence-electron chi connectivity index (χ3n) is 4.72. The van der Waals surface area contributed by atoms with E-state index in [2.05, 4.69) is 0 Å². The van der Waals surface area contributed by atoms with E-state index in [-0.39, 0.29) is 35.5 Å². The van der Waals surface area contributed by atoms with Crippen molar-refractivity contribution >= 4 is 24.2 Å². The molecule has 3 rings (SSSR count). The Morgan fingerprint density at radius 3 is 2.11 bits per heavy atom. The van der Waals surface area contributed by atoms with Gasteiger partial charge in [0.05, 0.1) is 5.56 Å². The van der Waals surface area contributed by atoms with E-state index in [0.29, 0.717) is 26.2 Å². The number of para-hydroxylation sites is 1. The number of amides is 2. The van der Waals surface area contributed by atoms with Gasteiger partial charge in [-0.15, -0.1) is 12.4 Å². The van der Waals surface area contributed by atoms with Crippen molar-refractivity contribution in [1.29, 1.82) is 0 Å². The Hall–Kier alpha value is -2.57. The molecule has 3 N–H and O–H groups in total. The maximum absolute atomic E-state index is 12.6. The summed E-state index contributed by atoms with van der Waals surface area (Å²) in [6.45, 7) is 3.67. The van der Waals surface area contributed by atoms with Gasteiger partial charge >= 0.3 is 0 Å². The standard InChI is InChI=1S/C20H23N3O3.ClH/c1-14-6-8-15(9-7-14)18(21)20(26)23-12-10-22(11-13-23)19(25)16-4-2-3-5-17(16)24;/h2-9,18,24H,10-13,21H2,1H3;1H. The highest BCUT2D eigenvalue weighted by Gasteiger charge is 2.28. The van der Waals surface area contributed by atoms with E-state index in [1.54, 1.807) is 28.0 Å². The lowest BCUT2D eigenvalue weighted by atomic mass is 10.0. The Bertz CT molecular complexity index is 802. The first kappa shape index (κ1) is 20.7. The van der Waals surface area contributed by atoms with Crippen molar-refractivity contribution in [1.82, 2.24) is 9.80 Å². The van der Waals surface area contributed by atoms with Crippen LogP contribution >= 0.6 is 12.4 Å². The van der Waals surface area contributed by atoms with Gasteiger partial charge in [0.25, 0.3) is 5.91 Å². The van der Waals surface area contributed by atoms with Crippen molar-refractivity contribution in [2.75, 3.05) is 26.2 Å². The van der Waals surface area contributed by atoms with Crippen LogP contribution in [0.3, 0.4) is 0 Å². The van der Waals surface area contributed by atoms with Gasteiger partial charge in [0.2, 0.25) is 5.91 Å². The number of hydrogen-bond acceptors (Lipinski definition) is 4. The monoisotopic (exact) mass is 389 g/mol. The molecular weight excluding hydrogens is 366 g/mol. The molecule has 2 aromatic carbocycles. The van der Waals surface area contributed by atoms with Gasteiger partial charge in [-0.05, 0) is 24.6 Å². The number of hydrogen-bond donors (Lipinski definition) is 2. The molecule has 2 aromatic rings. The van der Waals surface area contributed by atoms with Crippen LogP contribution in [-0.2, 0) is 4.79 Å². The molecule has 0 bridgehead atoms. The van der Waals surface area contributed by atoms with Crippen molar-refractivity contribution in [3.8, 4) is 5.75 Å². The molecular formula is C20H24ClN3O3. The molecule has 7 heteroatoms. The number of phenolic OH excluding ortho intramolecular Hbond substituents is 1. The molecule has 0 aromatic heterocycles. The maximum Gasteiger partial charge on any atom is 0.257 e. The molecule has 1 fully saturated rings. The zero-order valence-electron chi connectivity index (χ0n) is 15.2. The molecule has 1 saturated heterocycles. The van der Waals surface area contributed by atoms with Crippen LogP contribution in [0.4, 0.5) is 0 Å². The van der Waals surface area contributed by atoms with Crippen LogP contribution in [0.25, 0.3) is 0 Å². The van der Waals surface area contributed by atoms with E-state index < -0.39 is 6.04 Å². The molecule has 1 atom stereocenters. The van der Waals surface area contributed by atoms with E-state index in [4.69, 9.17) is 5.73 Å². The number of benzene rings is 2. The van der Waals surface area contributed by atoms with Crippen LogP contribution in [-0.4, -0.2) is 52.9 Å². The van der Waals surface area contributed by atoms with Crippen LogP contribution in [0.2, 0.25) is 0 Å². The van der Waals surface area contributed by atoms with Gasteiger partial charge in [0.1, 0.15) is 11.8 Å². The molecule has 1 aliphatic rings. The Balaban J connectivity index is 0.00000261. The van der Waals surface area contributed by atoms with Crippen LogP contribution < -0.4 is 5.73 Å². The minimum Gasteiger partial charge on any atom is -0.507 e. The summed E-state index contributed by atoms with van der Waals surface area (Å²) in [5, 5.41) is 9.84. The van der Waals surface area contributed by atoms with E-state index in [1.165, 1.54) is 6.07 Å². The first-order chi connectivity index (χ1) is 12.5. The first-order valence-corrected chi connectivity index (χ1v) is 8.65. The minimum absolute atomic E-state index is 0. The summed E-state index contributed by atoms with van der Waals surface area (Å²) in [7, 11) is 0. The van der Waals surface area contributed by atoms with Gasteiger partial charge in [-0.1, -0.05) is 42.0 Å². The van der Waals surface area contributed by atoms with Crippen LogP contribution in [0.15, 0.2) is 48.5 Å². The normalized spacial score (nSPS) is 15.0. The topological polar surface area (TPSA) is 86.9 Å². The van der Waals surface area contributed by atoms with E-state index in [1.807, 2.05) is 31.2 Å². The zero-order chi connectivity index (χ0) is 18.7. The van der Waals surface area contributed by atoms with E-state index in [9.17, 15) is 14.7 Å². The second-order valence-corrected chi connectivity index (χ2v) is 6.52. The van der Waals surface area contributed by atoms with Crippen LogP contribution in [0, 0.1) is 6.92 Å². The molecule has 27 heavy (non-hydrogen) atoms. The lowest BCUT2D eigenvalue weighted by Gasteiger charge is -2.36. The molecule has 1 aliphatic heterocycles. The number of halogens is 1. The summed E-state index contributed by atoms with van der Waals surface area (Å²) >= 11 is 0. The third-order valence-corrected chi connectivity index (χ3v) is 4.72. The van der Waals surface area contributed by atoms with Crippen molar-refractivity contribution in [2.45, 2.75) is 13.0 Å². The lowest BCUT2D eigenvalue weighted by Crippen LogP contribution is -2.52. The Kier molecular flexibility index (Phi) is 6.82. The molecule has 0 spiro atoms. The predicted molar refractivity (Wildman–Crippen MR) is 106 cm³/mol. The Morgan fingerprint density at radius 1 is 0.963 bits per heavy atom. The van der Waals surface area contributed by atoms with Crippen molar-refractivity contribution in [2.24, 2.45) is 5.73 Å². The summed E-state index contributed by atoms with van der Waals surface area (Å²) in [6, 6.07) is 13.4. The second-order valence-electron chi connectivity index (χ2n) is 6.52. The van der Waals surface area contributed by atoms with Crippen molar-refractivity contribution in [3.63, 3.8) is 0 Å². The predicted octanol–water partition coefficient (Wildman–Crippen LogP) is 2.11. The number of carbonyl (C=O) groups is 2. The molecule has 0 saturated carbocycles. The quantitative estimate of drug-likeness (QED) is 0.841. The molecule has 0 radical (unpaired) electrons. The smallest absolute Gasteiger partial charge is 0.257 e. The van der Waals surface area contributed by atoms with Gasteiger partial charge in [-0.25, -0.2) is 0 Å². The SMILES string of the molecule is Cc1ccc(C(N)C(=O)N2CCN(C(=O)c3ccccc3O)CC2)cc1.Cl. The van der Waals surface area contributed by atoms with E-state index >= 15 is 0 Å². The highest BCUT2D eigenvalue weighted by Crippen LogP contribution is 2.20. The van der Waals surface area contributed by atoms with Crippen molar-refractivity contribution in [3.05, 3.63) is 65.2 Å². The van der Waals surface area contributed by atoms with Gasteiger partial charge in [-0.3, -0.25) is 9.59 Å². The Labute approximate surface area is 165 Å². The summed E-state index contributed by atoms with van der Waals surface area (Å²) in [5.41, 5.74) is 8.30. The zero-order valence-corrected chi connectivity index (χ0v) is 16.0. The Morgan fingerprint density at radius 2 is 1.52 bits per heavy atom. The van der Waals surface area contributed by atoms with Gasteiger partial charge in [0.15, 0.2) is 0 Å². The third kappa shape index (κ3) is 4.59. The number of phenols is 1. The lowest BCUT2D eigenvalue weighted by molar-refractivity contribution is -0.134. The average Bonchev–Trinajstić information content (AvgIpc) is 2.67. The number of rotatable bonds is 3. The fraction of sp³-hybridized carbons (Fsp3) is 0.300. The number of aryl methyl sites for hydroxylation is 1. The summed E-state index contributed by atoms with van der Waals surface area (Å²) in [6.07, 6.45) is 0. The average molecular weight is 390 g/mol. The largest absolute Gasteiger partial charge is 0.507 e. The number of carbonyl (C=O) groups excluding carboxylic acids is 2. The molecule has 2 amide bonds. The fourth-order valence-electron chi connectivity index (χ4n) is 3.07. The van der Waals surface area contributed by atoms with Gasteiger partial charge in [0, 0.05) is 26.2 Å². The molecule has 144 valence electrons. The highest BCUT2D eigenvalue weighted by atomic mass is 35.5. The molecule has 1 heterocycles. The first-order valence-electron chi connectivity index (χ1n) is 8.65. The maximum atomic E-state index is 12.6. The highest BCUT2D eigenvalue weighted by molar-refractivity contribution is 5.97. The van der Waals surface area contributed by atoms with E-state index in [0.717, 1.165) is 11.1 Å². The van der Waals surface area contributed by atoms with Crippen molar-refractivity contribution < 1.29 is 14.7 Å². The fourth-order valence-corrected chi connectivity index (χ4v) is 3.07. The number of nitrogens with two attached hydrogens (primary N) is 1. The molecule has 1 unspecified atom stereocenters. The number of nitrogens with zero attached hydrogens (tertiary/aromatic N) is 2. The summed E-state index contributed by atoms with van der Waals surface area (Å²) in [5.74, 6) is -0.390. The molecule has 6 nitrogen and oxygen atoms in total. The minimum atomic E-state index is -0.698. The summed E-state index contributed by atoms with van der Waals surface area (Å²) in [4.78, 5) is 28.5.